The minimum Gasteiger partial charge on any atom is -0.382 e. The van der Waals surface area contributed by atoms with E-state index in [9.17, 15) is 18.0 Å². The third kappa shape index (κ3) is 4.09. The summed E-state index contributed by atoms with van der Waals surface area (Å²) in [5.41, 5.74) is 0. The zero-order chi connectivity index (χ0) is 11.4. The molecule has 0 rings (SSSR count). The summed E-state index contributed by atoms with van der Waals surface area (Å²) in [6.07, 6.45) is -7.36. The zero-order valence-electron chi connectivity index (χ0n) is 7.30. The van der Waals surface area contributed by atoms with Crippen molar-refractivity contribution in [2.75, 3.05) is 6.54 Å². The van der Waals surface area contributed by atoms with Crippen LogP contribution in [0.1, 0.15) is 6.92 Å². The van der Waals surface area contributed by atoms with Gasteiger partial charge in [0.25, 0.3) is 0 Å². The second kappa shape index (κ2) is 4.81. The van der Waals surface area contributed by atoms with Crippen LogP contribution in [0.3, 0.4) is 0 Å². The Labute approximate surface area is 78.3 Å². The highest BCUT2D eigenvalue weighted by Gasteiger charge is 2.38. The molecule has 0 aliphatic heterocycles. The van der Waals surface area contributed by atoms with Crippen molar-refractivity contribution in [1.29, 1.82) is 5.26 Å². The first-order chi connectivity index (χ1) is 6.29. The van der Waals surface area contributed by atoms with Crippen LogP contribution in [-0.4, -0.2) is 29.8 Å². The second-order valence-corrected chi connectivity index (χ2v) is 2.65. The number of nitrogens with zero attached hydrogens (tertiary/aromatic N) is 1. The number of rotatable bonds is 3. The van der Waals surface area contributed by atoms with E-state index in [-0.39, 0.29) is 0 Å². The fraction of sp³-hybridized carbons (Fsp3) is 0.714. The molecule has 0 saturated carbocycles. The van der Waals surface area contributed by atoms with Gasteiger partial charge in [0.1, 0.15) is 5.92 Å². The number of nitriles is 1. The third-order valence-electron chi connectivity index (χ3n) is 1.43. The van der Waals surface area contributed by atoms with Gasteiger partial charge < -0.3 is 10.4 Å². The molecule has 80 valence electrons. The number of hydrogen-bond acceptors (Lipinski definition) is 3. The van der Waals surface area contributed by atoms with E-state index in [0.717, 1.165) is 0 Å². The Morgan fingerprint density at radius 2 is 2.14 bits per heavy atom. The summed E-state index contributed by atoms with van der Waals surface area (Å²) < 4.78 is 35.1. The van der Waals surface area contributed by atoms with Gasteiger partial charge in [-0.2, -0.15) is 18.4 Å². The maximum absolute atomic E-state index is 11.7. The summed E-state index contributed by atoms with van der Waals surface area (Å²) in [6, 6.07) is 1.55. The molecule has 0 heterocycles. The van der Waals surface area contributed by atoms with Crippen LogP contribution in [0.25, 0.3) is 0 Å². The number of aliphatic hydroxyl groups is 1. The molecule has 0 bridgehead atoms. The highest BCUT2D eigenvalue weighted by Crippen LogP contribution is 2.19. The number of hydrogen-bond donors (Lipinski definition) is 2. The molecule has 0 aromatic carbocycles. The van der Waals surface area contributed by atoms with Crippen molar-refractivity contribution in [1.82, 2.24) is 5.32 Å². The molecule has 4 nitrogen and oxygen atoms in total. The molecule has 0 aliphatic carbocycles. The lowest BCUT2D eigenvalue weighted by molar-refractivity contribution is -0.201. The Bertz CT molecular complexity index is 246. The van der Waals surface area contributed by atoms with E-state index in [2.05, 4.69) is 0 Å². The minimum atomic E-state index is -4.76. The largest absolute Gasteiger partial charge is 0.416 e. The van der Waals surface area contributed by atoms with Crippen molar-refractivity contribution in [2.45, 2.75) is 19.2 Å². The first kappa shape index (κ1) is 12.7. The topological polar surface area (TPSA) is 73.1 Å². The van der Waals surface area contributed by atoms with Gasteiger partial charge in [0, 0.05) is 0 Å². The van der Waals surface area contributed by atoms with Gasteiger partial charge >= 0.3 is 6.18 Å². The molecule has 2 N–H and O–H groups in total. The van der Waals surface area contributed by atoms with E-state index < -0.39 is 30.7 Å². The van der Waals surface area contributed by atoms with E-state index in [1.807, 2.05) is 5.32 Å². The van der Waals surface area contributed by atoms with E-state index in [1.54, 1.807) is 6.07 Å². The summed E-state index contributed by atoms with van der Waals surface area (Å²) in [5.74, 6) is -1.87. The number of carbonyl (C=O) groups excluding carboxylic acids is 1. The van der Waals surface area contributed by atoms with Crippen LogP contribution in [0.15, 0.2) is 0 Å². The summed E-state index contributed by atoms with van der Waals surface area (Å²) >= 11 is 0. The molecular formula is C7H9F3N2O2. The van der Waals surface area contributed by atoms with Crippen LogP contribution in [-0.2, 0) is 4.79 Å². The van der Waals surface area contributed by atoms with Gasteiger partial charge in [0.05, 0.1) is 12.6 Å². The van der Waals surface area contributed by atoms with Gasteiger partial charge in [-0.3, -0.25) is 4.79 Å². The summed E-state index contributed by atoms with van der Waals surface area (Å²) in [7, 11) is 0. The van der Waals surface area contributed by atoms with Gasteiger partial charge in [0.2, 0.25) is 5.91 Å². The summed E-state index contributed by atoms with van der Waals surface area (Å²) in [4.78, 5) is 10.8. The molecular weight excluding hydrogens is 201 g/mol. The van der Waals surface area contributed by atoms with E-state index >= 15 is 0 Å². The monoisotopic (exact) mass is 210 g/mol. The molecule has 2 atom stereocenters. The molecule has 0 radical (unpaired) electrons. The normalized spacial score (nSPS) is 15.4. The molecule has 0 aromatic rings. The van der Waals surface area contributed by atoms with Crippen LogP contribution in [0, 0.1) is 17.2 Å². The van der Waals surface area contributed by atoms with Crippen LogP contribution in [0.2, 0.25) is 0 Å². The Morgan fingerprint density at radius 1 is 1.64 bits per heavy atom. The predicted molar refractivity (Wildman–Crippen MR) is 39.8 cm³/mol. The Balaban J connectivity index is 3.97. The maximum atomic E-state index is 11.7. The number of nitrogens with one attached hydrogen (secondary N) is 1. The van der Waals surface area contributed by atoms with Crippen LogP contribution in [0.4, 0.5) is 13.2 Å². The predicted octanol–water partition coefficient (Wildman–Crippen LogP) is 0.185. The lowest BCUT2D eigenvalue weighted by Gasteiger charge is -2.15. The lowest BCUT2D eigenvalue weighted by atomic mass is 10.2. The van der Waals surface area contributed by atoms with Crippen LogP contribution >= 0.6 is 0 Å². The first-order valence-electron chi connectivity index (χ1n) is 3.71. The van der Waals surface area contributed by atoms with Crippen LogP contribution in [0.5, 0.6) is 0 Å². The van der Waals surface area contributed by atoms with Crippen molar-refractivity contribution < 1.29 is 23.1 Å². The fourth-order valence-corrected chi connectivity index (χ4v) is 0.525. The number of aliphatic hydroxyl groups excluding tert-OH is 1. The minimum absolute atomic E-state index is 0.837. The number of halogens is 3. The maximum Gasteiger partial charge on any atom is 0.416 e. The standard InChI is InChI=1S/C7H9F3N2O2/c1-4(2-11)6(14)12-3-5(13)7(8,9)10/h4-5,13H,3H2,1H3,(H,12,14). The van der Waals surface area contributed by atoms with Crippen molar-refractivity contribution in [3.05, 3.63) is 0 Å². The number of alkyl halides is 3. The van der Waals surface area contributed by atoms with Crippen molar-refractivity contribution in [2.24, 2.45) is 5.92 Å². The van der Waals surface area contributed by atoms with Gasteiger partial charge in [-0.15, -0.1) is 0 Å². The molecule has 1 amide bonds. The summed E-state index contributed by atoms with van der Waals surface area (Å²) in [6.45, 7) is 0.309. The highest BCUT2D eigenvalue weighted by atomic mass is 19.4. The second-order valence-electron chi connectivity index (χ2n) is 2.65. The van der Waals surface area contributed by atoms with E-state index in [0.29, 0.717) is 0 Å². The smallest absolute Gasteiger partial charge is 0.382 e. The Kier molecular flexibility index (Phi) is 4.37. The SMILES string of the molecule is CC(C#N)C(=O)NCC(O)C(F)(F)F. The first-order valence-corrected chi connectivity index (χ1v) is 3.71. The van der Waals surface area contributed by atoms with Crippen LogP contribution < -0.4 is 5.32 Å². The van der Waals surface area contributed by atoms with E-state index in [1.165, 1.54) is 6.92 Å². The molecule has 0 saturated heterocycles. The molecule has 0 aliphatic rings. The van der Waals surface area contributed by atoms with Gasteiger partial charge in [0.15, 0.2) is 6.10 Å². The van der Waals surface area contributed by atoms with Crippen molar-refractivity contribution in [3.63, 3.8) is 0 Å². The zero-order valence-corrected chi connectivity index (χ0v) is 7.30. The van der Waals surface area contributed by atoms with Gasteiger partial charge in [-0.1, -0.05) is 0 Å². The molecule has 0 spiro atoms. The Morgan fingerprint density at radius 3 is 2.50 bits per heavy atom. The van der Waals surface area contributed by atoms with Gasteiger partial charge in [-0.25, -0.2) is 0 Å². The molecule has 0 aromatic heterocycles. The Hall–Kier alpha value is -1.29. The summed E-state index contributed by atoms with van der Waals surface area (Å²) in [5, 5.41) is 18.5. The average molecular weight is 210 g/mol. The van der Waals surface area contributed by atoms with Crippen molar-refractivity contribution >= 4 is 5.91 Å². The molecule has 2 unspecified atom stereocenters. The number of amides is 1. The molecule has 0 fully saturated rings. The highest BCUT2D eigenvalue weighted by molar-refractivity contribution is 5.80. The third-order valence-corrected chi connectivity index (χ3v) is 1.43. The average Bonchev–Trinajstić information content (AvgIpc) is 2.10. The molecule has 7 heteroatoms. The van der Waals surface area contributed by atoms with Gasteiger partial charge in [-0.05, 0) is 6.92 Å². The number of carbonyl (C=O) groups is 1. The van der Waals surface area contributed by atoms with E-state index in [4.69, 9.17) is 10.4 Å². The fourth-order valence-electron chi connectivity index (χ4n) is 0.525. The molecule has 14 heavy (non-hydrogen) atoms. The lowest BCUT2D eigenvalue weighted by Crippen LogP contribution is -2.42. The quantitative estimate of drug-likeness (QED) is 0.698. The van der Waals surface area contributed by atoms with Crippen molar-refractivity contribution in [3.8, 4) is 6.07 Å².